The van der Waals surface area contributed by atoms with E-state index in [1.807, 2.05) is 0 Å². The van der Waals surface area contributed by atoms with E-state index in [0.29, 0.717) is 11.5 Å². The molecular formula is C35H54O6S3. The Morgan fingerprint density at radius 1 is 0.705 bits per heavy atom. The fourth-order valence-corrected chi connectivity index (χ4v) is 7.64. The Kier molecular flexibility index (Phi) is 12.4. The number of rotatable bonds is 10. The second kappa shape index (κ2) is 14.1. The minimum absolute atomic E-state index is 0.00564. The van der Waals surface area contributed by atoms with Crippen LogP contribution < -0.4 is 4.74 Å². The summed E-state index contributed by atoms with van der Waals surface area (Å²) in [5.41, 5.74) is 2.76. The first-order chi connectivity index (χ1) is 19.7. The summed E-state index contributed by atoms with van der Waals surface area (Å²) in [6.45, 7) is 29.9. The lowest BCUT2D eigenvalue weighted by Gasteiger charge is -2.32. The van der Waals surface area contributed by atoms with Gasteiger partial charge in [-0.15, -0.1) is 23.5 Å². The first-order valence-corrected chi connectivity index (χ1v) is 17.8. The summed E-state index contributed by atoms with van der Waals surface area (Å²) in [4.78, 5) is 15.1. The zero-order chi connectivity index (χ0) is 34.1. The number of hydrogen-bond donors (Lipinski definition) is 2. The molecule has 0 aromatic heterocycles. The lowest BCUT2D eigenvalue weighted by atomic mass is 9.79. The number of carbonyl (C=O) groups is 1. The number of esters is 1. The van der Waals surface area contributed by atoms with Gasteiger partial charge in [0, 0.05) is 38.5 Å². The highest BCUT2D eigenvalue weighted by Crippen LogP contribution is 2.51. The van der Waals surface area contributed by atoms with Gasteiger partial charge in [-0.1, -0.05) is 83.1 Å². The summed E-state index contributed by atoms with van der Waals surface area (Å²) in [5.74, 6) is 0.561. The van der Waals surface area contributed by atoms with E-state index < -0.39 is 17.3 Å². The molecule has 0 heterocycles. The van der Waals surface area contributed by atoms with Crippen LogP contribution in [0.25, 0.3) is 0 Å². The molecule has 0 radical (unpaired) electrons. The number of ether oxygens (including phenoxy) is 1. The minimum Gasteiger partial charge on any atom is -0.507 e. The van der Waals surface area contributed by atoms with Crippen molar-refractivity contribution in [3.63, 3.8) is 0 Å². The summed E-state index contributed by atoms with van der Waals surface area (Å²) >= 11 is 1.20. The van der Waals surface area contributed by atoms with Crippen molar-refractivity contribution >= 4 is 40.9 Å². The fraction of sp³-hybridized carbons (Fsp3) is 0.629. The summed E-state index contributed by atoms with van der Waals surface area (Å²) in [6.07, 6.45) is 0.357. The van der Waals surface area contributed by atoms with E-state index >= 15 is 0 Å². The monoisotopic (exact) mass is 666 g/mol. The van der Waals surface area contributed by atoms with Gasteiger partial charge in [0.25, 0.3) is 0 Å². The predicted molar refractivity (Wildman–Crippen MR) is 187 cm³/mol. The normalized spacial score (nSPS) is 14.1. The van der Waals surface area contributed by atoms with Gasteiger partial charge in [0.2, 0.25) is 0 Å². The molecule has 2 aromatic carbocycles. The topological polar surface area (TPSA) is 93.1 Å². The van der Waals surface area contributed by atoms with Gasteiger partial charge in [0.1, 0.15) is 11.5 Å². The Bertz CT molecular complexity index is 1280. The Morgan fingerprint density at radius 3 is 1.41 bits per heavy atom. The van der Waals surface area contributed by atoms with Crippen molar-refractivity contribution in [3.8, 4) is 11.5 Å². The molecule has 2 N–H and O–H groups in total. The molecule has 44 heavy (non-hydrogen) atoms. The second-order valence-corrected chi connectivity index (χ2v) is 20.3. The molecule has 0 spiro atoms. The number of thioether (sulfide) groups is 2. The average Bonchev–Trinajstić information content (AvgIpc) is 2.80. The molecule has 6 nitrogen and oxygen atoms in total. The first-order valence-electron chi connectivity index (χ1n) is 15.1. The van der Waals surface area contributed by atoms with Crippen molar-refractivity contribution in [1.82, 2.24) is 0 Å². The number of benzene rings is 2. The second-order valence-electron chi connectivity index (χ2n) is 15.9. The minimum atomic E-state index is -2.35. The van der Waals surface area contributed by atoms with E-state index in [4.69, 9.17) is 9.29 Å². The highest BCUT2D eigenvalue weighted by molar-refractivity contribution is 8.18. The molecule has 9 heteroatoms. The van der Waals surface area contributed by atoms with Crippen molar-refractivity contribution in [2.45, 2.75) is 145 Å². The molecular weight excluding hydrogens is 613 g/mol. The molecule has 0 fully saturated rings. The molecule has 2 aromatic rings. The molecule has 0 aliphatic carbocycles. The van der Waals surface area contributed by atoms with Crippen LogP contribution in [-0.4, -0.2) is 30.5 Å². The quantitative estimate of drug-likeness (QED) is 0.0646. The number of phenols is 1. The maximum atomic E-state index is 12.9. The SMILES string of the molecule is CC(C)(Sc1cc(C(C)(C)C)c(O)c(C(C)(C)C)c1)Sc1cc(C(C)(C)C)c(OC(=O)CCCOS(=O)O)c(C(C)(C)C)c1. The Morgan fingerprint density at radius 2 is 1.07 bits per heavy atom. The molecule has 0 saturated carbocycles. The first kappa shape index (κ1) is 38.7. The molecule has 0 aliphatic rings. The van der Waals surface area contributed by atoms with Crippen LogP contribution in [-0.2, 0) is 42.0 Å². The number of phenolic OH excluding ortho intramolecular Hbond substituents is 1. The van der Waals surface area contributed by atoms with Crippen LogP contribution in [0.15, 0.2) is 34.1 Å². The van der Waals surface area contributed by atoms with Crippen LogP contribution in [0.3, 0.4) is 0 Å². The van der Waals surface area contributed by atoms with Crippen molar-refractivity contribution in [1.29, 1.82) is 0 Å². The molecule has 0 saturated heterocycles. The van der Waals surface area contributed by atoms with Crippen molar-refractivity contribution < 1.29 is 27.6 Å². The standard InChI is InChI=1S/C35H54O6S3/c1-31(2,3)24-18-22(19-25(29(24)37)32(4,5)6)42-35(13,14)43-23-20-26(33(7,8)9)30(27(21-23)34(10,11)12)41-28(36)16-15-17-40-44(38)39/h18-21,37H,15-17H2,1-14H3,(H,38,39). The molecule has 1 atom stereocenters. The van der Waals surface area contributed by atoms with Gasteiger partial charge < -0.3 is 9.84 Å². The highest BCUT2D eigenvalue weighted by Gasteiger charge is 2.32. The van der Waals surface area contributed by atoms with Gasteiger partial charge in [-0.3, -0.25) is 13.5 Å². The molecule has 0 aliphatic heterocycles. The summed E-state index contributed by atoms with van der Waals surface area (Å²) < 4.78 is 30.0. The van der Waals surface area contributed by atoms with E-state index in [1.165, 1.54) is 0 Å². The van der Waals surface area contributed by atoms with Crippen LogP contribution in [0, 0.1) is 0 Å². The van der Waals surface area contributed by atoms with Crippen LogP contribution in [0.2, 0.25) is 0 Å². The summed E-state index contributed by atoms with van der Waals surface area (Å²) in [7, 11) is 0. The van der Waals surface area contributed by atoms with Gasteiger partial charge >= 0.3 is 17.3 Å². The van der Waals surface area contributed by atoms with Crippen molar-refractivity contribution in [2.24, 2.45) is 0 Å². The van der Waals surface area contributed by atoms with E-state index in [-0.39, 0.29) is 45.2 Å². The third-order valence-electron chi connectivity index (χ3n) is 7.03. The number of aromatic hydroxyl groups is 1. The maximum Gasteiger partial charge on any atom is 0.311 e. The van der Waals surface area contributed by atoms with Crippen molar-refractivity contribution in [2.75, 3.05) is 6.61 Å². The van der Waals surface area contributed by atoms with E-state index in [9.17, 15) is 14.1 Å². The molecule has 0 amide bonds. The number of hydrogen-bond acceptors (Lipinski definition) is 7. The van der Waals surface area contributed by atoms with Gasteiger partial charge in [-0.05, 0) is 66.2 Å². The summed E-state index contributed by atoms with van der Waals surface area (Å²) in [6, 6.07) is 8.54. The lowest BCUT2D eigenvalue weighted by Crippen LogP contribution is -2.22. The molecule has 2 rings (SSSR count). The van der Waals surface area contributed by atoms with Crippen LogP contribution >= 0.6 is 23.5 Å². The van der Waals surface area contributed by atoms with E-state index in [1.54, 1.807) is 23.5 Å². The van der Waals surface area contributed by atoms with E-state index in [2.05, 4.69) is 125 Å². The van der Waals surface area contributed by atoms with Gasteiger partial charge in [0.15, 0.2) is 0 Å². The molecule has 248 valence electrons. The fourth-order valence-electron chi connectivity index (χ4n) is 4.80. The Hall–Kier alpha value is -1.52. The van der Waals surface area contributed by atoms with Gasteiger partial charge in [-0.25, -0.2) is 0 Å². The van der Waals surface area contributed by atoms with E-state index in [0.717, 1.165) is 32.0 Å². The van der Waals surface area contributed by atoms with Crippen LogP contribution in [0.4, 0.5) is 0 Å². The zero-order valence-corrected chi connectivity index (χ0v) is 31.6. The van der Waals surface area contributed by atoms with Crippen LogP contribution in [0.1, 0.15) is 132 Å². The maximum absolute atomic E-state index is 12.9. The largest absolute Gasteiger partial charge is 0.507 e. The molecule has 1 unspecified atom stereocenters. The summed E-state index contributed by atoms with van der Waals surface area (Å²) in [5, 5.41) is 11.2. The third-order valence-corrected chi connectivity index (χ3v) is 9.82. The Balaban J connectivity index is 2.54. The molecule has 0 bridgehead atoms. The number of carbonyl (C=O) groups excluding carboxylic acids is 1. The highest BCUT2D eigenvalue weighted by atomic mass is 32.2. The van der Waals surface area contributed by atoms with Gasteiger partial charge in [-0.2, -0.15) is 4.21 Å². The smallest absolute Gasteiger partial charge is 0.311 e. The van der Waals surface area contributed by atoms with Crippen molar-refractivity contribution in [3.05, 3.63) is 46.5 Å². The lowest BCUT2D eigenvalue weighted by molar-refractivity contribution is -0.134. The predicted octanol–water partition coefficient (Wildman–Crippen LogP) is 10.0. The average molecular weight is 667 g/mol. The zero-order valence-electron chi connectivity index (χ0n) is 29.2. The van der Waals surface area contributed by atoms with Gasteiger partial charge in [0.05, 0.1) is 10.7 Å². The van der Waals surface area contributed by atoms with Crippen LogP contribution in [0.5, 0.6) is 11.5 Å². The Labute approximate surface area is 277 Å². The third kappa shape index (κ3) is 11.1.